The second-order valence-electron chi connectivity index (χ2n) is 4.52. The Bertz CT molecular complexity index is 426. The molecule has 1 aliphatic carbocycles. The summed E-state index contributed by atoms with van der Waals surface area (Å²) in [6.07, 6.45) is 2.65. The molecular formula is C12H19N3O2. The molecular weight excluding hydrogens is 218 g/mol. The zero-order valence-corrected chi connectivity index (χ0v) is 10.3. The van der Waals surface area contributed by atoms with Crippen molar-refractivity contribution in [2.75, 3.05) is 13.7 Å². The van der Waals surface area contributed by atoms with Gasteiger partial charge in [-0.3, -0.25) is 4.79 Å². The van der Waals surface area contributed by atoms with E-state index in [2.05, 4.69) is 17.3 Å². The number of methoxy groups -OCH3 is 1. The topological polar surface area (TPSA) is 56.1 Å². The van der Waals surface area contributed by atoms with Crippen LogP contribution in [0.4, 0.5) is 0 Å². The molecule has 0 saturated heterocycles. The maximum absolute atomic E-state index is 11.5. The summed E-state index contributed by atoms with van der Waals surface area (Å²) in [5.74, 6) is 1.30. The number of hydrogen-bond donors (Lipinski definition) is 1. The molecule has 1 saturated carbocycles. The van der Waals surface area contributed by atoms with E-state index in [4.69, 9.17) is 4.74 Å². The molecule has 17 heavy (non-hydrogen) atoms. The van der Waals surface area contributed by atoms with Gasteiger partial charge < -0.3 is 10.1 Å². The molecule has 5 heteroatoms. The fourth-order valence-electron chi connectivity index (χ4n) is 1.86. The van der Waals surface area contributed by atoms with Crippen molar-refractivity contribution in [2.24, 2.45) is 5.92 Å². The normalized spacial score (nSPS) is 16.8. The molecule has 1 heterocycles. The maximum atomic E-state index is 11.5. The second kappa shape index (κ2) is 5.31. The zero-order valence-electron chi connectivity index (χ0n) is 10.3. The average molecular weight is 237 g/mol. The highest BCUT2D eigenvalue weighted by Gasteiger charge is 2.27. The summed E-state index contributed by atoms with van der Waals surface area (Å²) < 4.78 is 6.43. The third-order valence-electron chi connectivity index (χ3n) is 3.17. The number of nitrogens with zero attached hydrogens (tertiary/aromatic N) is 2. The molecule has 0 spiro atoms. The van der Waals surface area contributed by atoms with Crippen molar-refractivity contribution in [3.63, 3.8) is 0 Å². The van der Waals surface area contributed by atoms with Crippen molar-refractivity contribution >= 4 is 0 Å². The molecule has 0 bridgehead atoms. The van der Waals surface area contributed by atoms with Crippen LogP contribution in [-0.4, -0.2) is 29.5 Å². The fourth-order valence-corrected chi connectivity index (χ4v) is 1.86. The van der Waals surface area contributed by atoms with Gasteiger partial charge in [-0.15, -0.1) is 5.10 Å². The molecule has 1 aliphatic rings. The molecule has 1 unspecified atom stereocenters. The van der Waals surface area contributed by atoms with Crippen molar-refractivity contribution in [2.45, 2.75) is 32.4 Å². The van der Waals surface area contributed by atoms with Crippen LogP contribution >= 0.6 is 0 Å². The Morgan fingerprint density at radius 3 is 3.00 bits per heavy atom. The first-order valence-corrected chi connectivity index (χ1v) is 6.06. The first-order valence-electron chi connectivity index (χ1n) is 6.06. The van der Waals surface area contributed by atoms with E-state index >= 15 is 0 Å². The predicted molar refractivity (Wildman–Crippen MR) is 65.2 cm³/mol. The lowest BCUT2D eigenvalue weighted by atomic mass is 10.2. The van der Waals surface area contributed by atoms with E-state index in [-0.39, 0.29) is 5.56 Å². The Kier molecular flexibility index (Phi) is 3.78. The van der Waals surface area contributed by atoms with E-state index in [0.717, 1.165) is 12.5 Å². The van der Waals surface area contributed by atoms with Crippen LogP contribution in [0.25, 0.3) is 0 Å². The Balaban J connectivity index is 1.86. The summed E-state index contributed by atoms with van der Waals surface area (Å²) in [4.78, 5) is 11.5. The summed E-state index contributed by atoms with van der Waals surface area (Å²) in [6.45, 7) is 3.53. The van der Waals surface area contributed by atoms with Crippen LogP contribution in [0.2, 0.25) is 0 Å². The average Bonchev–Trinajstić information content (AvgIpc) is 3.15. The van der Waals surface area contributed by atoms with E-state index < -0.39 is 0 Å². The minimum atomic E-state index is -0.0910. The maximum Gasteiger partial charge on any atom is 0.267 e. The second-order valence-corrected chi connectivity index (χ2v) is 4.52. The Hall–Kier alpha value is -1.36. The lowest BCUT2D eigenvalue weighted by molar-refractivity contribution is 0.371. The Morgan fingerprint density at radius 1 is 1.59 bits per heavy atom. The number of rotatable bonds is 6. The highest BCUT2D eigenvalue weighted by molar-refractivity contribution is 5.05. The van der Waals surface area contributed by atoms with Gasteiger partial charge in [-0.05, 0) is 25.7 Å². The Morgan fingerprint density at radius 2 is 2.35 bits per heavy atom. The SMILES string of the molecule is COc1ccc(=O)n(CCNC(C)C2CC2)n1. The molecule has 94 valence electrons. The first-order chi connectivity index (χ1) is 8.20. The first kappa shape index (κ1) is 12.1. The molecule has 0 aromatic carbocycles. The van der Waals surface area contributed by atoms with Crippen molar-refractivity contribution in [3.05, 3.63) is 22.5 Å². The smallest absolute Gasteiger partial charge is 0.267 e. The molecule has 2 rings (SSSR count). The molecule has 0 aliphatic heterocycles. The van der Waals surface area contributed by atoms with Crippen LogP contribution in [0.15, 0.2) is 16.9 Å². The molecule has 1 N–H and O–H groups in total. The van der Waals surface area contributed by atoms with Crippen LogP contribution in [0.3, 0.4) is 0 Å². The zero-order chi connectivity index (χ0) is 12.3. The van der Waals surface area contributed by atoms with Crippen LogP contribution in [-0.2, 0) is 6.54 Å². The Labute approximate surface area is 101 Å². The van der Waals surface area contributed by atoms with Gasteiger partial charge in [0.25, 0.3) is 5.56 Å². The van der Waals surface area contributed by atoms with E-state index in [1.54, 1.807) is 13.2 Å². The summed E-state index contributed by atoms with van der Waals surface area (Å²) in [5, 5.41) is 7.51. The van der Waals surface area contributed by atoms with Crippen molar-refractivity contribution in [1.82, 2.24) is 15.1 Å². The molecule has 1 aromatic heterocycles. The monoisotopic (exact) mass is 237 g/mol. The third-order valence-corrected chi connectivity index (χ3v) is 3.17. The van der Waals surface area contributed by atoms with Gasteiger partial charge in [-0.1, -0.05) is 0 Å². The predicted octanol–water partition coefficient (Wildman–Crippen LogP) is 0.640. The van der Waals surface area contributed by atoms with Crippen LogP contribution in [0, 0.1) is 5.92 Å². The molecule has 0 radical (unpaired) electrons. The van der Waals surface area contributed by atoms with Crippen molar-refractivity contribution in [3.8, 4) is 5.88 Å². The van der Waals surface area contributed by atoms with Gasteiger partial charge in [0.2, 0.25) is 5.88 Å². The molecule has 5 nitrogen and oxygen atoms in total. The van der Waals surface area contributed by atoms with Crippen molar-refractivity contribution in [1.29, 1.82) is 0 Å². The van der Waals surface area contributed by atoms with E-state index in [0.29, 0.717) is 18.5 Å². The van der Waals surface area contributed by atoms with Gasteiger partial charge in [0, 0.05) is 24.7 Å². The largest absolute Gasteiger partial charge is 0.480 e. The van der Waals surface area contributed by atoms with Gasteiger partial charge >= 0.3 is 0 Å². The molecule has 1 fully saturated rings. The number of nitrogens with one attached hydrogen (secondary N) is 1. The van der Waals surface area contributed by atoms with E-state index in [1.165, 1.54) is 23.6 Å². The summed E-state index contributed by atoms with van der Waals surface area (Å²) in [5.41, 5.74) is -0.0910. The van der Waals surface area contributed by atoms with Crippen molar-refractivity contribution < 1.29 is 4.74 Å². The minimum Gasteiger partial charge on any atom is -0.480 e. The van der Waals surface area contributed by atoms with Crippen LogP contribution < -0.4 is 15.6 Å². The summed E-state index contributed by atoms with van der Waals surface area (Å²) in [6, 6.07) is 3.60. The lowest BCUT2D eigenvalue weighted by Crippen LogP contribution is -2.34. The minimum absolute atomic E-state index is 0.0910. The standard InChI is InChI=1S/C12H19N3O2/c1-9(10-3-4-10)13-7-8-15-12(16)6-5-11(14-15)17-2/h5-6,9-10,13H,3-4,7-8H2,1-2H3. The van der Waals surface area contributed by atoms with Gasteiger partial charge in [0.1, 0.15) is 0 Å². The lowest BCUT2D eigenvalue weighted by Gasteiger charge is -2.13. The van der Waals surface area contributed by atoms with Gasteiger partial charge in [0.05, 0.1) is 13.7 Å². The molecule has 1 aromatic rings. The van der Waals surface area contributed by atoms with E-state index in [1.807, 2.05) is 0 Å². The number of hydrogen-bond acceptors (Lipinski definition) is 4. The highest BCUT2D eigenvalue weighted by Crippen LogP contribution is 2.32. The van der Waals surface area contributed by atoms with E-state index in [9.17, 15) is 4.79 Å². The summed E-state index contributed by atoms with van der Waals surface area (Å²) >= 11 is 0. The van der Waals surface area contributed by atoms with Gasteiger partial charge in [-0.2, -0.15) is 0 Å². The third kappa shape index (κ3) is 3.30. The number of aromatic nitrogens is 2. The van der Waals surface area contributed by atoms with Gasteiger partial charge in [0.15, 0.2) is 0 Å². The highest BCUT2D eigenvalue weighted by atomic mass is 16.5. The van der Waals surface area contributed by atoms with Gasteiger partial charge in [-0.25, -0.2) is 4.68 Å². The van der Waals surface area contributed by atoms with Crippen LogP contribution in [0.5, 0.6) is 5.88 Å². The van der Waals surface area contributed by atoms with Crippen LogP contribution in [0.1, 0.15) is 19.8 Å². The fraction of sp³-hybridized carbons (Fsp3) is 0.667. The molecule has 1 atom stereocenters. The molecule has 0 amide bonds. The quantitative estimate of drug-likeness (QED) is 0.789. The number of ether oxygens (including phenoxy) is 1. The summed E-state index contributed by atoms with van der Waals surface area (Å²) in [7, 11) is 1.55.